The molecule has 0 unspecified atom stereocenters. The number of hydroxylamine groups is 2. The molecule has 1 aliphatic heterocycles. The van der Waals surface area contributed by atoms with E-state index in [1.165, 1.54) is 11.1 Å². The fraction of sp³-hybridized carbons (Fsp3) is 0.312. The van der Waals surface area contributed by atoms with Gasteiger partial charge in [-0.2, -0.15) is 0 Å². The van der Waals surface area contributed by atoms with E-state index in [-0.39, 0.29) is 31.5 Å². The molecule has 22 heavy (non-hydrogen) atoms. The number of carboxylic acid groups (broad SMARTS) is 1. The summed E-state index contributed by atoms with van der Waals surface area (Å²) in [6, 6.07) is 10.2. The Morgan fingerprint density at radius 1 is 1.18 bits per heavy atom. The molecule has 2 aromatic carbocycles. The van der Waals surface area contributed by atoms with Crippen LogP contribution >= 0.6 is 0 Å². The van der Waals surface area contributed by atoms with E-state index in [9.17, 15) is 18.7 Å². The minimum absolute atomic E-state index is 0.107. The summed E-state index contributed by atoms with van der Waals surface area (Å²) in [5.41, 5.74) is 0.107. The maximum atomic E-state index is 13.2. The van der Waals surface area contributed by atoms with Gasteiger partial charge < -0.3 is 9.94 Å². The molecule has 1 fully saturated rings. The van der Waals surface area contributed by atoms with Gasteiger partial charge in [0.1, 0.15) is 0 Å². The van der Waals surface area contributed by atoms with Gasteiger partial charge in [-0.15, -0.1) is 5.06 Å². The molecule has 1 N–H and O–H groups in total. The second-order valence-corrected chi connectivity index (χ2v) is 5.38. The van der Waals surface area contributed by atoms with Crippen LogP contribution in [0.2, 0.25) is 0 Å². The second-order valence-electron chi connectivity index (χ2n) is 5.38. The number of nitrogens with zero attached hydrogens (tertiary/aromatic N) is 1. The highest BCUT2D eigenvalue weighted by Gasteiger charge is 2.35. The van der Waals surface area contributed by atoms with Crippen LogP contribution in [-0.2, 0) is 0 Å². The lowest BCUT2D eigenvalue weighted by atomic mass is 10.1. The third-order valence-corrected chi connectivity index (χ3v) is 3.75. The summed E-state index contributed by atoms with van der Waals surface area (Å²) in [4.78, 5) is 16.9. The van der Waals surface area contributed by atoms with Gasteiger partial charge in [0.25, 0.3) is 5.92 Å². The number of carbonyl (C=O) groups is 1. The van der Waals surface area contributed by atoms with Crippen molar-refractivity contribution in [2.45, 2.75) is 18.8 Å². The molecule has 0 aromatic heterocycles. The molecule has 1 aliphatic rings. The Labute approximate surface area is 125 Å². The zero-order chi connectivity index (χ0) is 15.7. The number of hydrogen-bond acceptors (Lipinski definition) is 3. The number of hydrogen-bond donors (Lipinski definition) is 1. The molecule has 0 radical (unpaired) electrons. The summed E-state index contributed by atoms with van der Waals surface area (Å²) in [7, 11) is 0. The Morgan fingerprint density at radius 3 is 2.55 bits per heavy atom. The highest BCUT2D eigenvalue weighted by atomic mass is 19.3. The van der Waals surface area contributed by atoms with Crippen molar-refractivity contribution in [1.82, 2.24) is 5.06 Å². The van der Waals surface area contributed by atoms with Gasteiger partial charge in [0.15, 0.2) is 5.75 Å². The molecule has 0 saturated carbocycles. The molecular weight excluding hydrogens is 292 g/mol. The summed E-state index contributed by atoms with van der Waals surface area (Å²) in [6.07, 6.45) is -0.521. The second kappa shape index (κ2) is 5.53. The molecule has 1 heterocycles. The Kier molecular flexibility index (Phi) is 3.70. The third-order valence-electron chi connectivity index (χ3n) is 3.75. The Hall–Kier alpha value is -2.21. The van der Waals surface area contributed by atoms with E-state index in [1.54, 1.807) is 18.2 Å². The van der Waals surface area contributed by atoms with Crippen molar-refractivity contribution in [2.24, 2.45) is 0 Å². The average Bonchev–Trinajstić information content (AvgIpc) is 2.49. The van der Waals surface area contributed by atoms with E-state index < -0.39 is 11.9 Å². The van der Waals surface area contributed by atoms with Crippen LogP contribution < -0.4 is 4.84 Å². The lowest BCUT2D eigenvalue weighted by Gasteiger charge is -2.31. The van der Waals surface area contributed by atoms with Crippen LogP contribution in [0.4, 0.5) is 8.78 Å². The zero-order valence-corrected chi connectivity index (χ0v) is 11.8. The third kappa shape index (κ3) is 3.01. The molecule has 1 saturated heterocycles. The summed E-state index contributed by atoms with van der Waals surface area (Å²) in [5.74, 6) is -3.33. The first kappa shape index (κ1) is 14.7. The summed E-state index contributed by atoms with van der Waals surface area (Å²) >= 11 is 0. The fourth-order valence-corrected chi connectivity index (χ4v) is 2.52. The zero-order valence-electron chi connectivity index (χ0n) is 11.8. The Bertz CT molecular complexity index is 708. The normalized spacial score (nSPS) is 18.3. The topological polar surface area (TPSA) is 49.8 Å². The molecular formula is C16H15F2NO3. The summed E-state index contributed by atoms with van der Waals surface area (Å²) in [6.45, 7) is 0.219. The maximum Gasteiger partial charge on any atom is 0.335 e. The van der Waals surface area contributed by atoms with Crippen molar-refractivity contribution in [1.29, 1.82) is 0 Å². The maximum absolute atomic E-state index is 13.2. The first-order valence-electron chi connectivity index (χ1n) is 7.01. The number of carboxylic acids is 1. The summed E-state index contributed by atoms with van der Waals surface area (Å²) in [5, 5.41) is 12.1. The van der Waals surface area contributed by atoms with Crippen LogP contribution in [0.25, 0.3) is 10.8 Å². The Balaban J connectivity index is 1.91. The van der Waals surface area contributed by atoms with Crippen molar-refractivity contribution in [3.05, 3.63) is 42.0 Å². The number of benzene rings is 2. The van der Waals surface area contributed by atoms with Crippen molar-refractivity contribution in [3.8, 4) is 5.75 Å². The number of fused-ring (bicyclic) bond motifs is 1. The Morgan fingerprint density at radius 2 is 1.86 bits per heavy atom. The molecule has 6 heteroatoms. The van der Waals surface area contributed by atoms with Gasteiger partial charge in [0.2, 0.25) is 0 Å². The molecule has 0 bridgehead atoms. The molecule has 2 aromatic rings. The van der Waals surface area contributed by atoms with Crippen molar-refractivity contribution in [2.75, 3.05) is 13.1 Å². The number of piperidine rings is 1. The van der Waals surface area contributed by atoms with Crippen LogP contribution in [0, 0.1) is 0 Å². The van der Waals surface area contributed by atoms with Gasteiger partial charge in [0, 0.05) is 31.3 Å². The lowest BCUT2D eigenvalue weighted by molar-refractivity contribution is -0.139. The number of alkyl halides is 2. The average molecular weight is 307 g/mol. The van der Waals surface area contributed by atoms with Crippen LogP contribution in [0.3, 0.4) is 0 Å². The van der Waals surface area contributed by atoms with E-state index in [0.717, 1.165) is 10.8 Å². The quantitative estimate of drug-likeness (QED) is 0.942. The van der Waals surface area contributed by atoms with Crippen LogP contribution in [0.1, 0.15) is 23.2 Å². The highest BCUT2D eigenvalue weighted by molar-refractivity contribution is 5.97. The number of halogens is 2. The molecule has 3 rings (SSSR count). The predicted octanol–water partition coefficient (Wildman–Crippen LogP) is 3.56. The van der Waals surface area contributed by atoms with Crippen molar-refractivity contribution in [3.63, 3.8) is 0 Å². The van der Waals surface area contributed by atoms with Crippen molar-refractivity contribution < 1.29 is 23.5 Å². The monoisotopic (exact) mass is 307 g/mol. The summed E-state index contributed by atoms with van der Waals surface area (Å²) < 4.78 is 26.4. The largest absolute Gasteiger partial charge is 0.478 e. The van der Waals surface area contributed by atoms with E-state index in [1.807, 2.05) is 12.1 Å². The molecule has 4 nitrogen and oxygen atoms in total. The molecule has 0 amide bonds. The predicted molar refractivity (Wildman–Crippen MR) is 77.3 cm³/mol. The minimum Gasteiger partial charge on any atom is -0.478 e. The lowest BCUT2D eigenvalue weighted by Crippen LogP contribution is -2.41. The van der Waals surface area contributed by atoms with Gasteiger partial charge in [-0.1, -0.05) is 24.3 Å². The first-order chi connectivity index (χ1) is 10.4. The van der Waals surface area contributed by atoms with E-state index in [4.69, 9.17) is 4.84 Å². The number of rotatable bonds is 3. The SMILES string of the molecule is O=C(O)c1cc(ON2CCC(F)(F)CC2)c2ccccc2c1. The van der Waals surface area contributed by atoms with Gasteiger partial charge in [0.05, 0.1) is 5.56 Å². The first-order valence-corrected chi connectivity index (χ1v) is 7.01. The van der Waals surface area contributed by atoms with Crippen LogP contribution in [0.15, 0.2) is 36.4 Å². The van der Waals surface area contributed by atoms with Gasteiger partial charge in [-0.3, -0.25) is 0 Å². The molecule has 0 aliphatic carbocycles. The molecule has 0 spiro atoms. The van der Waals surface area contributed by atoms with E-state index in [2.05, 4.69) is 0 Å². The van der Waals surface area contributed by atoms with Crippen LogP contribution in [-0.4, -0.2) is 35.2 Å². The minimum atomic E-state index is -2.65. The van der Waals surface area contributed by atoms with Gasteiger partial charge in [-0.05, 0) is 17.5 Å². The van der Waals surface area contributed by atoms with E-state index >= 15 is 0 Å². The standard InChI is InChI=1S/C16H15F2NO3/c17-16(18)5-7-19(8-6-16)22-14-10-12(15(20)21)9-11-3-1-2-4-13(11)14/h1-4,9-10H,5-8H2,(H,20,21). The van der Waals surface area contributed by atoms with Gasteiger partial charge in [-0.25, -0.2) is 13.6 Å². The van der Waals surface area contributed by atoms with Gasteiger partial charge >= 0.3 is 5.97 Å². The number of aromatic carboxylic acids is 1. The molecule has 116 valence electrons. The molecule has 0 atom stereocenters. The smallest absolute Gasteiger partial charge is 0.335 e. The van der Waals surface area contributed by atoms with E-state index in [0.29, 0.717) is 5.75 Å². The highest BCUT2D eigenvalue weighted by Crippen LogP contribution is 2.31. The fourth-order valence-electron chi connectivity index (χ4n) is 2.52. The van der Waals surface area contributed by atoms with Crippen LogP contribution in [0.5, 0.6) is 5.75 Å². The van der Waals surface area contributed by atoms with Crippen molar-refractivity contribution >= 4 is 16.7 Å².